The summed E-state index contributed by atoms with van der Waals surface area (Å²) >= 11 is 0. The number of rotatable bonds is 1. The van der Waals surface area contributed by atoms with Crippen molar-refractivity contribution in [3.63, 3.8) is 0 Å². The van der Waals surface area contributed by atoms with E-state index in [1.807, 2.05) is 0 Å². The number of carboxylic acids is 1. The standard InChI is InChI=1S/C3H6O3.Mg.H2O.2H/c1-2(4)3(5)6;;;;/h2,4H,1H3,(H,5,6);;1H2;;/q;+2;;2*-1. The Bertz CT molecular complexity index is 69.5. The van der Waals surface area contributed by atoms with E-state index in [4.69, 9.17) is 10.2 Å². The molecule has 1 unspecified atom stereocenters. The molecule has 4 nitrogen and oxygen atoms in total. The average molecular weight is 134 g/mol. The molecule has 0 rings (SSSR count). The number of carbonyl (C=O) groups is 1. The Hall–Kier alpha value is 0.156. The maximum Gasteiger partial charge on any atom is 2.00 e. The van der Waals surface area contributed by atoms with Crippen molar-refractivity contribution in [2.24, 2.45) is 0 Å². The Kier molecular flexibility index (Phi) is 14.1. The summed E-state index contributed by atoms with van der Waals surface area (Å²) in [4.78, 5) is 9.45. The number of aliphatic hydroxyl groups excluding tert-OH is 1. The van der Waals surface area contributed by atoms with Crippen molar-refractivity contribution >= 4 is 29.0 Å². The first-order valence-corrected chi connectivity index (χ1v) is 1.55. The first-order valence-electron chi connectivity index (χ1n) is 1.55. The molecule has 0 radical (unpaired) electrons. The molecule has 1 atom stereocenters. The fourth-order valence-electron chi connectivity index (χ4n) is 0. The maximum atomic E-state index is 9.45. The largest absolute Gasteiger partial charge is 2.00 e. The van der Waals surface area contributed by atoms with Crippen LogP contribution in [0, 0.1) is 0 Å². The maximum absolute atomic E-state index is 9.45. The van der Waals surface area contributed by atoms with E-state index in [0.29, 0.717) is 0 Å². The predicted molar refractivity (Wildman–Crippen MR) is 30.9 cm³/mol. The Labute approximate surface area is 65.9 Å². The first kappa shape index (κ1) is 15.7. The van der Waals surface area contributed by atoms with Crippen molar-refractivity contribution in [3.8, 4) is 0 Å². The number of aliphatic hydroxyl groups is 1. The molecule has 0 aliphatic carbocycles. The second kappa shape index (κ2) is 7.16. The Morgan fingerprint density at radius 2 is 1.88 bits per heavy atom. The van der Waals surface area contributed by atoms with Crippen LogP contribution in [0.25, 0.3) is 0 Å². The van der Waals surface area contributed by atoms with E-state index in [9.17, 15) is 4.79 Å². The number of aliphatic carboxylic acids is 1. The molecule has 4 N–H and O–H groups in total. The van der Waals surface area contributed by atoms with E-state index < -0.39 is 12.1 Å². The van der Waals surface area contributed by atoms with Gasteiger partial charge in [0, 0.05) is 0 Å². The average Bonchev–Trinajstić information content (AvgIpc) is 1.36. The van der Waals surface area contributed by atoms with E-state index in [2.05, 4.69) is 0 Å². The third-order valence-corrected chi connectivity index (χ3v) is 0.357. The Balaban J connectivity index is -0.0000000208. The van der Waals surface area contributed by atoms with Gasteiger partial charge in [-0.25, -0.2) is 4.79 Å². The summed E-state index contributed by atoms with van der Waals surface area (Å²) < 4.78 is 0. The van der Waals surface area contributed by atoms with Crippen LogP contribution in [0.1, 0.15) is 9.78 Å². The van der Waals surface area contributed by atoms with Crippen molar-refractivity contribution in [1.29, 1.82) is 0 Å². The molecule has 0 fully saturated rings. The predicted octanol–water partition coefficient (Wildman–Crippen LogP) is -1.53. The van der Waals surface area contributed by atoms with Gasteiger partial charge in [0.15, 0.2) is 0 Å². The summed E-state index contributed by atoms with van der Waals surface area (Å²) in [6.07, 6.45) is -1.23. The second-order valence-electron chi connectivity index (χ2n) is 1.01. The topological polar surface area (TPSA) is 89.0 Å². The van der Waals surface area contributed by atoms with Crippen LogP contribution in [-0.2, 0) is 4.79 Å². The van der Waals surface area contributed by atoms with Crippen LogP contribution in [-0.4, -0.2) is 50.8 Å². The van der Waals surface area contributed by atoms with Gasteiger partial charge in [0.1, 0.15) is 6.10 Å². The molecule has 0 spiro atoms. The summed E-state index contributed by atoms with van der Waals surface area (Å²) in [5.74, 6) is -1.19. The molecule has 0 saturated heterocycles. The Morgan fingerprint density at radius 1 is 1.75 bits per heavy atom. The van der Waals surface area contributed by atoms with Crippen LogP contribution in [0.15, 0.2) is 0 Å². The van der Waals surface area contributed by atoms with E-state index in [1.165, 1.54) is 6.92 Å². The van der Waals surface area contributed by atoms with Gasteiger partial charge in [-0.15, -0.1) is 0 Å². The van der Waals surface area contributed by atoms with Gasteiger partial charge in [-0.05, 0) is 6.92 Å². The summed E-state index contributed by atoms with van der Waals surface area (Å²) in [5.41, 5.74) is 0. The quantitative estimate of drug-likeness (QED) is 0.427. The van der Waals surface area contributed by atoms with Crippen molar-refractivity contribution < 1.29 is 23.3 Å². The van der Waals surface area contributed by atoms with E-state index in [1.54, 1.807) is 0 Å². The fraction of sp³-hybridized carbons (Fsp3) is 0.667. The third kappa shape index (κ3) is 9.48. The van der Waals surface area contributed by atoms with Gasteiger partial charge in [0.2, 0.25) is 0 Å². The van der Waals surface area contributed by atoms with Crippen LogP contribution in [0.4, 0.5) is 0 Å². The molecular weight excluding hydrogens is 124 g/mol. The molecule has 0 aliphatic heterocycles. The minimum Gasteiger partial charge on any atom is -1.00 e. The number of hydrogen-bond acceptors (Lipinski definition) is 2. The van der Waals surface area contributed by atoms with Crippen LogP contribution in [0.5, 0.6) is 0 Å². The summed E-state index contributed by atoms with van der Waals surface area (Å²) in [6.45, 7) is 1.20. The van der Waals surface area contributed by atoms with Gasteiger partial charge < -0.3 is 18.5 Å². The van der Waals surface area contributed by atoms with Crippen LogP contribution < -0.4 is 0 Å². The molecule has 0 aromatic rings. The Morgan fingerprint density at radius 3 is 1.88 bits per heavy atom. The minimum absolute atomic E-state index is 0. The minimum atomic E-state index is -1.23. The van der Waals surface area contributed by atoms with E-state index in [0.717, 1.165) is 0 Å². The van der Waals surface area contributed by atoms with E-state index in [-0.39, 0.29) is 31.4 Å². The monoisotopic (exact) mass is 134 g/mol. The number of hydrogen-bond donors (Lipinski definition) is 2. The third-order valence-electron chi connectivity index (χ3n) is 0.357. The molecule has 0 bridgehead atoms. The molecule has 0 aromatic carbocycles. The molecule has 0 heterocycles. The summed E-state index contributed by atoms with van der Waals surface area (Å²) in [7, 11) is 0. The van der Waals surface area contributed by atoms with Gasteiger partial charge in [0.25, 0.3) is 0 Å². The van der Waals surface area contributed by atoms with Crippen LogP contribution in [0.2, 0.25) is 0 Å². The summed E-state index contributed by atoms with van der Waals surface area (Å²) in [6, 6.07) is 0. The zero-order chi connectivity index (χ0) is 5.15. The first-order chi connectivity index (χ1) is 2.64. The second-order valence-corrected chi connectivity index (χ2v) is 1.01. The molecular formula is C3H10MgO4. The smallest absolute Gasteiger partial charge is 1.00 e. The van der Waals surface area contributed by atoms with Gasteiger partial charge in [-0.2, -0.15) is 0 Å². The SMILES string of the molecule is CC(O)C(=O)O.O.[H-].[H-].[Mg+2]. The fourth-order valence-corrected chi connectivity index (χ4v) is 0. The summed E-state index contributed by atoms with van der Waals surface area (Å²) in [5, 5.41) is 15.8. The molecule has 0 amide bonds. The molecule has 0 saturated carbocycles. The zero-order valence-electron chi connectivity index (χ0n) is 6.59. The van der Waals surface area contributed by atoms with Gasteiger partial charge in [0.05, 0.1) is 0 Å². The zero-order valence-corrected chi connectivity index (χ0v) is 6.00. The molecule has 5 heteroatoms. The normalized spacial score (nSPS) is 10.2. The number of carboxylic acid groups (broad SMARTS) is 1. The van der Waals surface area contributed by atoms with Crippen molar-refractivity contribution in [2.75, 3.05) is 0 Å². The van der Waals surface area contributed by atoms with E-state index >= 15 is 0 Å². The van der Waals surface area contributed by atoms with Gasteiger partial charge in [-0.1, -0.05) is 0 Å². The molecule has 0 aliphatic rings. The van der Waals surface area contributed by atoms with Crippen molar-refractivity contribution in [1.82, 2.24) is 0 Å². The van der Waals surface area contributed by atoms with Gasteiger partial charge in [-0.3, -0.25) is 0 Å². The van der Waals surface area contributed by atoms with Crippen LogP contribution in [0.3, 0.4) is 0 Å². The van der Waals surface area contributed by atoms with Gasteiger partial charge >= 0.3 is 29.0 Å². The van der Waals surface area contributed by atoms with Crippen molar-refractivity contribution in [3.05, 3.63) is 0 Å². The molecule has 8 heavy (non-hydrogen) atoms. The van der Waals surface area contributed by atoms with Crippen LogP contribution >= 0.6 is 0 Å². The molecule has 0 aromatic heterocycles. The molecule has 48 valence electrons. The van der Waals surface area contributed by atoms with Crippen molar-refractivity contribution in [2.45, 2.75) is 13.0 Å².